The Balaban J connectivity index is 1.22. The summed E-state index contributed by atoms with van der Waals surface area (Å²) in [4.78, 5) is 0. The molecule has 150 valence electrons. The van der Waals surface area contributed by atoms with Crippen LogP contribution >= 0.6 is 0 Å². The van der Waals surface area contributed by atoms with Crippen LogP contribution in [0.15, 0.2) is 48.5 Å². The van der Waals surface area contributed by atoms with Crippen molar-refractivity contribution in [3.8, 4) is 16.9 Å². The SMILES string of the molecule is CC(OCCCC1CO1)c1ccc(-c2ccc(OCCCC3CO3)cc2)cc1. The second-order valence-corrected chi connectivity index (χ2v) is 7.70. The molecule has 2 aliphatic rings. The highest BCUT2D eigenvalue weighted by Crippen LogP contribution is 2.26. The van der Waals surface area contributed by atoms with E-state index in [-0.39, 0.29) is 6.10 Å². The number of hydrogen-bond donors (Lipinski definition) is 0. The lowest BCUT2D eigenvalue weighted by atomic mass is 10.0. The van der Waals surface area contributed by atoms with E-state index >= 15 is 0 Å². The van der Waals surface area contributed by atoms with Gasteiger partial charge in [-0.2, -0.15) is 0 Å². The maximum absolute atomic E-state index is 5.95. The zero-order valence-corrected chi connectivity index (χ0v) is 16.6. The summed E-state index contributed by atoms with van der Waals surface area (Å²) in [6, 6.07) is 17.0. The Morgan fingerprint density at radius 2 is 1.36 bits per heavy atom. The van der Waals surface area contributed by atoms with Gasteiger partial charge in [0, 0.05) is 6.61 Å². The third kappa shape index (κ3) is 6.06. The second-order valence-electron chi connectivity index (χ2n) is 7.70. The molecule has 4 rings (SSSR count). The van der Waals surface area contributed by atoms with E-state index in [0.29, 0.717) is 12.2 Å². The van der Waals surface area contributed by atoms with Crippen molar-refractivity contribution in [1.29, 1.82) is 0 Å². The molecule has 0 saturated carbocycles. The van der Waals surface area contributed by atoms with Crippen LogP contribution < -0.4 is 4.74 Å². The molecule has 3 unspecified atom stereocenters. The van der Waals surface area contributed by atoms with Crippen molar-refractivity contribution in [2.45, 2.75) is 50.9 Å². The lowest BCUT2D eigenvalue weighted by Crippen LogP contribution is -2.02. The number of epoxide rings is 2. The lowest BCUT2D eigenvalue weighted by Gasteiger charge is -2.14. The smallest absolute Gasteiger partial charge is 0.119 e. The minimum atomic E-state index is 0.117. The molecule has 28 heavy (non-hydrogen) atoms. The van der Waals surface area contributed by atoms with Gasteiger partial charge in [0.2, 0.25) is 0 Å². The average Bonchev–Trinajstić information content (AvgIpc) is 3.64. The molecule has 2 fully saturated rings. The zero-order valence-electron chi connectivity index (χ0n) is 16.6. The molecule has 2 aliphatic heterocycles. The monoisotopic (exact) mass is 382 g/mol. The van der Waals surface area contributed by atoms with Gasteiger partial charge in [-0.25, -0.2) is 0 Å². The van der Waals surface area contributed by atoms with Crippen molar-refractivity contribution in [3.63, 3.8) is 0 Å². The third-order valence-corrected chi connectivity index (χ3v) is 5.35. The molecule has 4 nitrogen and oxygen atoms in total. The van der Waals surface area contributed by atoms with Crippen LogP contribution in [0.1, 0.15) is 44.3 Å². The van der Waals surface area contributed by atoms with Gasteiger partial charge in [0.25, 0.3) is 0 Å². The lowest BCUT2D eigenvalue weighted by molar-refractivity contribution is 0.0620. The van der Waals surface area contributed by atoms with Crippen molar-refractivity contribution in [2.24, 2.45) is 0 Å². The molecule has 2 aromatic rings. The fourth-order valence-corrected chi connectivity index (χ4v) is 3.33. The first-order valence-corrected chi connectivity index (χ1v) is 10.5. The first-order chi connectivity index (χ1) is 13.8. The quantitative estimate of drug-likeness (QED) is 0.375. The standard InChI is InChI=1S/C24H30O4/c1-18(25-14-2-4-23-16-27-23)19-6-8-20(9-7-19)21-10-12-22(13-11-21)26-15-3-5-24-17-28-24/h6-13,18,23-24H,2-5,14-17H2,1H3. The van der Waals surface area contributed by atoms with Crippen molar-refractivity contribution in [1.82, 2.24) is 0 Å². The Labute approximate surface area is 167 Å². The van der Waals surface area contributed by atoms with Crippen LogP contribution in [0.3, 0.4) is 0 Å². The van der Waals surface area contributed by atoms with Gasteiger partial charge in [0.1, 0.15) is 5.75 Å². The molecular formula is C24H30O4. The summed E-state index contributed by atoms with van der Waals surface area (Å²) in [5, 5.41) is 0. The Bertz CT molecular complexity index is 717. The van der Waals surface area contributed by atoms with E-state index < -0.39 is 0 Å². The van der Waals surface area contributed by atoms with Crippen LogP contribution in [0.4, 0.5) is 0 Å². The molecule has 4 heteroatoms. The summed E-state index contributed by atoms with van der Waals surface area (Å²) in [5.74, 6) is 0.927. The van der Waals surface area contributed by atoms with Crippen LogP contribution in [0.5, 0.6) is 5.75 Å². The van der Waals surface area contributed by atoms with E-state index in [2.05, 4.69) is 43.3 Å². The molecule has 2 heterocycles. The van der Waals surface area contributed by atoms with Crippen LogP contribution in [0, 0.1) is 0 Å². The van der Waals surface area contributed by atoms with Gasteiger partial charge in [-0.3, -0.25) is 0 Å². The van der Waals surface area contributed by atoms with Crippen molar-refractivity contribution in [3.05, 3.63) is 54.1 Å². The minimum Gasteiger partial charge on any atom is -0.494 e. The topological polar surface area (TPSA) is 43.5 Å². The first-order valence-electron chi connectivity index (χ1n) is 10.5. The van der Waals surface area contributed by atoms with E-state index in [1.807, 2.05) is 12.1 Å². The molecule has 2 aromatic carbocycles. The fraction of sp³-hybridized carbons (Fsp3) is 0.500. The molecule has 0 bridgehead atoms. The second kappa shape index (κ2) is 9.55. The molecule has 2 saturated heterocycles. The highest BCUT2D eigenvalue weighted by molar-refractivity contribution is 5.64. The van der Waals surface area contributed by atoms with Crippen molar-refractivity contribution >= 4 is 0 Å². The molecule has 0 aromatic heterocycles. The van der Waals surface area contributed by atoms with Crippen LogP contribution in [0.2, 0.25) is 0 Å². The number of rotatable bonds is 12. The Morgan fingerprint density at radius 3 is 1.93 bits per heavy atom. The molecule has 0 radical (unpaired) electrons. The van der Waals surface area contributed by atoms with E-state index in [9.17, 15) is 0 Å². The number of ether oxygens (including phenoxy) is 4. The predicted octanol–water partition coefficient (Wildman–Crippen LogP) is 5.17. The zero-order chi connectivity index (χ0) is 19.2. The summed E-state index contributed by atoms with van der Waals surface area (Å²) in [6.45, 7) is 5.51. The summed E-state index contributed by atoms with van der Waals surface area (Å²) < 4.78 is 22.2. The molecule has 0 spiro atoms. The minimum absolute atomic E-state index is 0.117. The van der Waals surface area contributed by atoms with E-state index in [1.165, 1.54) is 16.7 Å². The van der Waals surface area contributed by atoms with E-state index in [0.717, 1.165) is 57.9 Å². The van der Waals surface area contributed by atoms with Gasteiger partial charge < -0.3 is 18.9 Å². The largest absolute Gasteiger partial charge is 0.494 e. The van der Waals surface area contributed by atoms with Crippen LogP contribution in [0.25, 0.3) is 11.1 Å². The molecule has 0 aliphatic carbocycles. The van der Waals surface area contributed by atoms with Crippen LogP contribution in [-0.2, 0) is 14.2 Å². The van der Waals surface area contributed by atoms with Gasteiger partial charge in [-0.1, -0.05) is 36.4 Å². The Kier molecular flexibility index (Phi) is 6.63. The normalized spacial score (nSPS) is 21.3. The van der Waals surface area contributed by atoms with Gasteiger partial charge >= 0.3 is 0 Å². The number of benzene rings is 2. The first kappa shape index (κ1) is 19.4. The molecule has 3 atom stereocenters. The predicted molar refractivity (Wildman–Crippen MR) is 110 cm³/mol. The molecule has 0 N–H and O–H groups in total. The summed E-state index contributed by atoms with van der Waals surface area (Å²) in [6.07, 6.45) is 5.41. The average molecular weight is 383 g/mol. The van der Waals surface area contributed by atoms with Crippen LogP contribution in [-0.4, -0.2) is 38.6 Å². The van der Waals surface area contributed by atoms with Crippen molar-refractivity contribution in [2.75, 3.05) is 26.4 Å². The highest BCUT2D eigenvalue weighted by Gasteiger charge is 2.21. The Hall–Kier alpha value is -1.88. The summed E-state index contributed by atoms with van der Waals surface area (Å²) in [5.41, 5.74) is 3.62. The number of hydrogen-bond acceptors (Lipinski definition) is 4. The van der Waals surface area contributed by atoms with Gasteiger partial charge in [0.05, 0.1) is 38.1 Å². The molecule has 0 amide bonds. The maximum Gasteiger partial charge on any atom is 0.119 e. The molecular weight excluding hydrogens is 352 g/mol. The Morgan fingerprint density at radius 1 is 0.821 bits per heavy atom. The third-order valence-electron chi connectivity index (χ3n) is 5.35. The van der Waals surface area contributed by atoms with Crippen molar-refractivity contribution < 1.29 is 18.9 Å². The summed E-state index contributed by atoms with van der Waals surface area (Å²) >= 11 is 0. The van der Waals surface area contributed by atoms with E-state index in [4.69, 9.17) is 18.9 Å². The van der Waals surface area contributed by atoms with Gasteiger partial charge in [0.15, 0.2) is 0 Å². The summed E-state index contributed by atoms with van der Waals surface area (Å²) in [7, 11) is 0. The van der Waals surface area contributed by atoms with Gasteiger partial charge in [-0.05, 0) is 61.4 Å². The maximum atomic E-state index is 5.95. The van der Waals surface area contributed by atoms with Gasteiger partial charge in [-0.15, -0.1) is 0 Å². The fourth-order valence-electron chi connectivity index (χ4n) is 3.33. The highest BCUT2D eigenvalue weighted by atomic mass is 16.6. The van der Waals surface area contributed by atoms with E-state index in [1.54, 1.807) is 0 Å².